The lowest BCUT2D eigenvalue weighted by Crippen LogP contribution is -2.11. The number of carbonyl (C=O) groups is 2. The van der Waals surface area contributed by atoms with Crippen molar-refractivity contribution >= 4 is 27.9 Å². The highest BCUT2D eigenvalue weighted by molar-refractivity contribution is 9.10. The number of ether oxygens (including phenoxy) is 2. The molecule has 3 aromatic rings. The molecule has 0 saturated carbocycles. The van der Waals surface area contributed by atoms with E-state index in [0.29, 0.717) is 5.56 Å². The van der Waals surface area contributed by atoms with Crippen molar-refractivity contribution in [1.29, 1.82) is 0 Å². The number of carbonyl (C=O) groups excluding carboxylic acids is 2. The van der Waals surface area contributed by atoms with Crippen molar-refractivity contribution < 1.29 is 27.9 Å². The Bertz CT molecular complexity index is 922. The summed E-state index contributed by atoms with van der Waals surface area (Å²) in [6.45, 7) is -0.395. The van der Waals surface area contributed by atoms with Crippen LogP contribution in [0.25, 0.3) is 0 Å². The minimum absolute atomic E-state index is 0.122. The van der Waals surface area contributed by atoms with Gasteiger partial charge in [-0.25, -0.2) is 9.59 Å². The third-order valence-corrected chi connectivity index (χ3v) is 3.90. The van der Waals surface area contributed by atoms with Gasteiger partial charge in [0.05, 0.1) is 11.1 Å². The Morgan fingerprint density at radius 1 is 0.923 bits per heavy atom. The fraction of sp³-hybridized carbons (Fsp3) is 0.0526. The van der Waals surface area contributed by atoms with Crippen LogP contribution in [-0.2, 0) is 11.3 Å². The first kappa shape index (κ1) is 17.9. The van der Waals surface area contributed by atoms with E-state index in [1.54, 1.807) is 48.5 Å². The standard InChI is InChI=1S/C19H12BrFO5/c20-17-15(21)16(26-19(23)13-9-5-2-6-10-13)14(25-17)11-24-18(22)12-7-3-1-4-8-12/h1-10H,11H2. The summed E-state index contributed by atoms with van der Waals surface area (Å²) in [6, 6.07) is 16.4. The number of halogens is 2. The molecule has 0 N–H and O–H groups in total. The van der Waals surface area contributed by atoms with Gasteiger partial charge in [-0.1, -0.05) is 36.4 Å². The largest absolute Gasteiger partial charge is 0.454 e. The smallest absolute Gasteiger partial charge is 0.343 e. The van der Waals surface area contributed by atoms with Gasteiger partial charge in [0.2, 0.25) is 16.2 Å². The van der Waals surface area contributed by atoms with Crippen LogP contribution in [0.3, 0.4) is 0 Å². The second-order valence-electron chi connectivity index (χ2n) is 5.14. The predicted octanol–water partition coefficient (Wildman–Crippen LogP) is 4.76. The van der Waals surface area contributed by atoms with Crippen molar-refractivity contribution in [2.75, 3.05) is 0 Å². The summed E-state index contributed by atoms with van der Waals surface area (Å²) in [6.07, 6.45) is 0. The maximum atomic E-state index is 14.2. The zero-order valence-corrected chi connectivity index (χ0v) is 14.9. The number of benzene rings is 2. The van der Waals surface area contributed by atoms with Gasteiger partial charge in [-0.3, -0.25) is 0 Å². The monoisotopic (exact) mass is 418 g/mol. The molecule has 0 saturated heterocycles. The molecule has 1 heterocycles. The summed E-state index contributed by atoms with van der Waals surface area (Å²) in [5.41, 5.74) is 0.581. The van der Waals surface area contributed by atoms with E-state index in [9.17, 15) is 14.0 Å². The molecule has 0 fully saturated rings. The average Bonchev–Trinajstić information content (AvgIpc) is 2.95. The molecule has 0 aliphatic carbocycles. The number of esters is 2. The predicted molar refractivity (Wildman–Crippen MR) is 93.3 cm³/mol. The first-order chi connectivity index (χ1) is 12.6. The van der Waals surface area contributed by atoms with Crippen molar-refractivity contribution in [3.8, 4) is 5.75 Å². The van der Waals surface area contributed by atoms with Gasteiger partial charge in [-0.05, 0) is 40.2 Å². The van der Waals surface area contributed by atoms with Crippen molar-refractivity contribution in [2.24, 2.45) is 0 Å². The van der Waals surface area contributed by atoms with E-state index in [2.05, 4.69) is 15.9 Å². The number of hydrogen-bond donors (Lipinski definition) is 0. The summed E-state index contributed by atoms with van der Waals surface area (Å²) >= 11 is 2.89. The third kappa shape index (κ3) is 4.00. The lowest BCUT2D eigenvalue weighted by molar-refractivity contribution is 0.0439. The first-order valence-corrected chi connectivity index (χ1v) is 8.31. The van der Waals surface area contributed by atoms with Crippen LogP contribution in [0.5, 0.6) is 5.75 Å². The van der Waals surface area contributed by atoms with Gasteiger partial charge in [0.25, 0.3) is 0 Å². The molecule has 0 atom stereocenters. The molecule has 2 aromatic carbocycles. The molecule has 0 unspecified atom stereocenters. The third-order valence-electron chi connectivity index (χ3n) is 3.39. The summed E-state index contributed by atoms with van der Waals surface area (Å²) in [7, 11) is 0. The maximum absolute atomic E-state index is 14.2. The summed E-state index contributed by atoms with van der Waals surface area (Å²) < 4.78 is 29.3. The van der Waals surface area contributed by atoms with Crippen LogP contribution < -0.4 is 4.74 Å². The zero-order chi connectivity index (χ0) is 18.5. The molecule has 0 aliphatic heterocycles. The first-order valence-electron chi connectivity index (χ1n) is 7.52. The maximum Gasteiger partial charge on any atom is 0.343 e. The van der Waals surface area contributed by atoms with Gasteiger partial charge in [-0.2, -0.15) is 4.39 Å². The van der Waals surface area contributed by atoms with Gasteiger partial charge >= 0.3 is 11.9 Å². The Hall–Kier alpha value is -2.93. The van der Waals surface area contributed by atoms with Crippen LogP contribution in [0.2, 0.25) is 0 Å². The summed E-state index contributed by atoms with van der Waals surface area (Å²) in [5, 5.41) is 0. The molecule has 7 heteroatoms. The Labute approximate surface area is 156 Å². The highest BCUT2D eigenvalue weighted by Gasteiger charge is 2.25. The molecular weight excluding hydrogens is 407 g/mol. The Balaban J connectivity index is 1.75. The highest BCUT2D eigenvalue weighted by Crippen LogP contribution is 2.33. The van der Waals surface area contributed by atoms with Crippen LogP contribution in [0.4, 0.5) is 4.39 Å². The SMILES string of the molecule is O=C(OCc1oc(Br)c(F)c1OC(=O)c1ccccc1)c1ccccc1. The molecule has 0 bridgehead atoms. The summed E-state index contributed by atoms with van der Waals surface area (Å²) in [5.74, 6) is -2.80. The average molecular weight is 419 g/mol. The van der Waals surface area contributed by atoms with Crippen LogP contribution in [0.15, 0.2) is 69.8 Å². The number of furan rings is 1. The van der Waals surface area contributed by atoms with Crippen LogP contribution in [0, 0.1) is 5.82 Å². The van der Waals surface area contributed by atoms with E-state index in [1.165, 1.54) is 12.1 Å². The molecular formula is C19H12BrFO5. The topological polar surface area (TPSA) is 65.7 Å². The second-order valence-corrected chi connectivity index (χ2v) is 5.86. The minimum Gasteiger partial charge on any atom is -0.454 e. The van der Waals surface area contributed by atoms with E-state index < -0.39 is 30.1 Å². The van der Waals surface area contributed by atoms with Crippen LogP contribution in [-0.4, -0.2) is 11.9 Å². The van der Waals surface area contributed by atoms with E-state index in [0.717, 1.165) is 0 Å². The van der Waals surface area contributed by atoms with Crippen molar-refractivity contribution in [3.63, 3.8) is 0 Å². The normalized spacial score (nSPS) is 10.4. The van der Waals surface area contributed by atoms with Crippen LogP contribution in [0.1, 0.15) is 26.5 Å². The van der Waals surface area contributed by atoms with E-state index in [-0.39, 0.29) is 16.0 Å². The molecule has 1 aromatic heterocycles. The molecule has 0 radical (unpaired) electrons. The molecule has 26 heavy (non-hydrogen) atoms. The Morgan fingerprint density at radius 3 is 2.04 bits per heavy atom. The number of rotatable bonds is 5. The van der Waals surface area contributed by atoms with Gasteiger partial charge in [0.1, 0.15) is 0 Å². The molecule has 0 aliphatic rings. The van der Waals surface area contributed by atoms with E-state index >= 15 is 0 Å². The van der Waals surface area contributed by atoms with Crippen molar-refractivity contribution in [1.82, 2.24) is 0 Å². The molecule has 5 nitrogen and oxygen atoms in total. The Kier molecular flexibility index (Phi) is 5.48. The summed E-state index contributed by atoms with van der Waals surface area (Å²) in [4.78, 5) is 24.1. The van der Waals surface area contributed by atoms with Crippen molar-refractivity contribution in [2.45, 2.75) is 6.61 Å². The highest BCUT2D eigenvalue weighted by atomic mass is 79.9. The zero-order valence-electron chi connectivity index (χ0n) is 13.3. The van der Waals surface area contributed by atoms with Gasteiger partial charge in [0.15, 0.2) is 12.4 Å². The molecule has 3 rings (SSSR count). The van der Waals surface area contributed by atoms with Gasteiger partial charge in [-0.15, -0.1) is 0 Å². The van der Waals surface area contributed by atoms with Crippen molar-refractivity contribution in [3.05, 3.63) is 88.0 Å². The van der Waals surface area contributed by atoms with Gasteiger partial charge < -0.3 is 13.9 Å². The van der Waals surface area contributed by atoms with Crippen LogP contribution >= 0.6 is 15.9 Å². The fourth-order valence-corrected chi connectivity index (χ4v) is 2.50. The minimum atomic E-state index is -0.889. The number of hydrogen-bond acceptors (Lipinski definition) is 5. The molecule has 0 spiro atoms. The van der Waals surface area contributed by atoms with Gasteiger partial charge in [0, 0.05) is 0 Å². The molecule has 0 amide bonds. The van der Waals surface area contributed by atoms with E-state index in [4.69, 9.17) is 13.9 Å². The lowest BCUT2D eigenvalue weighted by atomic mass is 10.2. The Morgan fingerprint density at radius 2 is 1.46 bits per heavy atom. The molecule has 132 valence electrons. The lowest BCUT2D eigenvalue weighted by Gasteiger charge is -2.06. The van der Waals surface area contributed by atoms with E-state index in [1.807, 2.05) is 0 Å². The quantitative estimate of drug-likeness (QED) is 0.558. The second kappa shape index (κ2) is 7.97. The fourth-order valence-electron chi connectivity index (χ4n) is 2.12.